The lowest BCUT2D eigenvalue weighted by Crippen LogP contribution is -2.44. The van der Waals surface area contributed by atoms with Crippen molar-refractivity contribution in [3.63, 3.8) is 0 Å². The molecule has 2 rings (SSSR count). The van der Waals surface area contributed by atoms with Gasteiger partial charge in [0.25, 0.3) is 0 Å². The summed E-state index contributed by atoms with van der Waals surface area (Å²) in [5.74, 6) is -0.907. The molecular weight excluding hydrogens is 230 g/mol. The van der Waals surface area contributed by atoms with Crippen LogP contribution < -0.4 is 0 Å². The maximum Gasteiger partial charge on any atom is 0.307 e. The van der Waals surface area contributed by atoms with E-state index in [1.807, 2.05) is 7.05 Å². The van der Waals surface area contributed by atoms with E-state index in [0.717, 1.165) is 19.3 Å². The Balaban J connectivity index is 2.02. The Labute approximate surface area is 108 Å². The van der Waals surface area contributed by atoms with Crippen LogP contribution in [0.3, 0.4) is 0 Å². The van der Waals surface area contributed by atoms with Crippen molar-refractivity contribution in [1.29, 1.82) is 0 Å². The Morgan fingerprint density at radius 2 is 1.67 bits per heavy atom. The fourth-order valence-corrected chi connectivity index (χ4v) is 3.08. The van der Waals surface area contributed by atoms with Crippen molar-refractivity contribution in [2.75, 3.05) is 7.05 Å². The first-order chi connectivity index (χ1) is 8.52. The topological polar surface area (TPSA) is 57.6 Å². The summed E-state index contributed by atoms with van der Waals surface area (Å²) in [6.07, 6.45) is 5.70. The molecule has 0 aromatic heterocycles. The molecule has 0 heterocycles. The molecule has 2 fully saturated rings. The Morgan fingerprint density at radius 3 is 2.17 bits per heavy atom. The quantitative estimate of drug-likeness (QED) is 0.835. The number of rotatable bonds is 4. The standard InChI is InChI=1S/C14H23NO3/c1-9(10-7-8-10)15(2)13(16)11-5-3-4-6-12(11)14(17)18/h9-12H,3-8H2,1-2H3,(H,17,18). The molecule has 1 amide bonds. The van der Waals surface area contributed by atoms with E-state index in [2.05, 4.69) is 6.92 Å². The third kappa shape index (κ3) is 2.68. The molecule has 18 heavy (non-hydrogen) atoms. The summed E-state index contributed by atoms with van der Waals surface area (Å²) in [6.45, 7) is 2.08. The number of aliphatic carboxylic acids is 1. The molecule has 102 valence electrons. The van der Waals surface area contributed by atoms with Crippen LogP contribution >= 0.6 is 0 Å². The van der Waals surface area contributed by atoms with Crippen molar-refractivity contribution in [2.45, 2.75) is 51.5 Å². The van der Waals surface area contributed by atoms with E-state index >= 15 is 0 Å². The van der Waals surface area contributed by atoms with Gasteiger partial charge in [0.1, 0.15) is 0 Å². The smallest absolute Gasteiger partial charge is 0.307 e. The number of carboxylic acid groups (broad SMARTS) is 1. The van der Waals surface area contributed by atoms with Gasteiger partial charge in [-0.25, -0.2) is 0 Å². The van der Waals surface area contributed by atoms with Gasteiger partial charge in [-0.3, -0.25) is 9.59 Å². The zero-order valence-corrected chi connectivity index (χ0v) is 11.3. The molecule has 0 aromatic carbocycles. The number of hydrogen-bond donors (Lipinski definition) is 1. The minimum absolute atomic E-state index is 0.0431. The first-order valence-electron chi connectivity index (χ1n) is 7.02. The summed E-state index contributed by atoms with van der Waals surface area (Å²) in [5.41, 5.74) is 0. The summed E-state index contributed by atoms with van der Waals surface area (Å²) >= 11 is 0. The molecule has 4 nitrogen and oxygen atoms in total. The number of carbonyl (C=O) groups is 2. The van der Waals surface area contributed by atoms with Crippen LogP contribution in [0.25, 0.3) is 0 Å². The molecule has 2 saturated carbocycles. The Hall–Kier alpha value is -1.06. The van der Waals surface area contributed by atoms with Crippen LogP contribution in [0.2, 0.25) is 0 Å². The highest BCUT2D eigenvalue weighted by Crippen LogP contribution is 2.37. The third-order valence-electron chi connectivity index (χ3n) is 4.66. The number of amides is 1. The maximum absolute atomic E-state index is 12.4. The van der Waals surface area contributed by atoms with Crippen molar-refractivity contribution in [3.8, 4) is 0 Å². The lowest BCUT2D eigenvalue weighted by Gasteiger charge is -2.33. The van der Waals surface area contributed by atoms with Crippen LogP contribution in [-0.2, 0) is 9.59 Å². The van der Waals surface area contributed by atoms with Gasteiger partial charge in [-0.15, -0.1) is 0 Å². The first-order valence-corrected chi connectivity index (χ1v) is 7.02. The van der Waals surface area contributed by atoms with Gasteiger partial charge >= 0.3 is 5.97 Å². The van der Waals surface area contributed by atoms with E-state index in [1.165, 1.54) is 12.8 Å². The predicted molar refractivity (Wildman–Crippen MR) is 68.0 cm³/mol. The van der Waals surface area contributed by atoms with Crippen molar-refractivity contribution >= 4 is 11.9 Å². The van der Waals surface area contributed by atoms with Crippen LogP contribution in [0.5, 0.6) is 0 Å². The Kier molecular flexibility index (Phi) is 3.93. The Bertz CT molecular complexity index is 338. The van der Waals surface area contributed by atoms with Crippen LogP contribution in [0.4, 0.5) is 0 Å². The van der Waals surface area contributed by atoms with E-state index in [9.17, 15) is 14.7 Å². The van der Waals surface area contributed by atoms with Gasteiger partial charge < -0.3 is 10.0 Å². The number of hydrogen-bond acceptors (Lipinski definition) is 2. The zero-order chi connectivity index (χ0) is 13.3. The van der Waals surface area contributed by atoms with Gasteiger partial charge in [0.2, 0.25) is 5.91 Å². The Morgan fingerprint density at radius 1 is 1.11 bits per heavy atom. The highest BCUT2D eigenvalue weighted by Gasteiger charge is 2.40. The van der Waals surface area contributed by atoms with Crippen LogP contribution in [0.15, 0.2) is 0 Å². The van der Waals surface area contributed by atoms with E-state index in [0.29, 0.717) is 12.3 Å². The minimum Gasteiger partial charge on any atom is -0.481 e. The summed E-state index contributed by atoms with van der Waals surface area (Å²) in [6, 6.07) is 0.258. The van der Waals surface area contributed by atoms with Crippen molar-refractivity contribution in [1.82, 2.24) is 4.90 Å². The summed E-state index contributed by atoms with van der Waals surface area (Å²) in [4.78, 5) is 25.5. The van der Waals surface area contributed by atoms with E-state index < -0.39 is 11.9 Å². The molecule has 3 unspecified atom stereocenters. The van der Waals surface area contributed by atoms with Crippen molar-refractivity contribution in [3.05, 3.63) is 0 Å². The number of carbonyl (C=O) groups excluding carboxylic acids is 1. The van der Waals surface area contributed by atoms with Gasteiger partial charge in [-0.1, -0.05) is 12.8 Å². The second kappa shape index (κ2) is 5.29. The molecule has 0 aliphatic heterocycles. The molecule has 2 aliphatic carbocycles. The van der Waals surface area contributed by atoms with Crippen LogP contribution in [0.1, 0.15) is 45.4 Å². The zero-order valence-electron chi connectivity index (χ0n) is 11.3. The molecule has 0 aromatic rings. The van der Waals surface area contributed by atoms with Crippen molar-refractivity contribution in [2.24, 2.45) is 17.8 Å². The maximum atomic E-state index is 12.4. The molecule has 0 saturated heterocycles. The van der Waals surface area contributed by atoms with Crippen LogP contribution in [-0.4, -0.2) is 35.0 Å². The highest BCUT2D eigenvalue weighted by atomic mass is 16.4. The third-order valence-corrected chi connectivity index (χ3v) is 4.66. The number of carboxylic acids is 1. The van der Waals surface area contributed by atoms with Crippen molar-refractivity contribution < 1.29 is 14.7 Å². The highest BCUT2D eigenvalue weighted by molar-refractivity contribution is 5.85. The summed E-state index contributed by atoms with van der Waals surface area (Å²) < 4.78 is 0. The largest absolute Gasteiger partial charge is 0.481 e. The molecular formula is C14H23NO3. The second-order valence-electron chi connectivity index (χ2n) is 5.86. The predicted octanol–water partition coefficient (Wildman–Crippen LogP) is 2.13. The average Bonchev–Trinajstić information content (AvgIpc) is 3.20. The lowest BCUT2D eigenvalue weighted by molar-refractivity contribution is -0.152. The molecule has 3 atom stereocenters. The van der Waals surface area contributed by atoms with Gasteiger partial charge in [0, 0.05) is 13.1 Å². The van der Waals surface area contributed by atoms with E-state index in [4.69, 9.17) is 0 Å². The van der Waals surface area contributed by atoms with Gasteiger partial charge in [0.05, 0.1) is 11.8 Å². The monoisotopic (exact) mass is 253 g/mol. The van der Waals surface area contributed by atoms with Gasteiger partial charge in [-0.05, 0) is 38.5 Å². The fraction of sp³-hybridized carbons (Fsp3) is 0.857. The molecule has 1 N–H and O–H groups in total. The second-order valence-corrected chi connectivity index (χ2v) is 5.86. The molecule has 0 radical (unpaired) electrons. The fourth-order valence-electron chi connectivity index (χ4n) is 3.08. The summed E-state index contributed by atoms with van der Waals surface area (Å²) in [5, 5.41) is 9.23. The van der Waals surface area contributed by atoms with Gasteiger partial charge in [-0.2, -0.15) is 0 Å². The molecule has 0 spiro atoms. The summed E-state index contributed by atoms with van der Waals surface area (Å²) in [7, 11) is 1.83. The van der Waals surface area contributed by atoms with E-state index in [-0.39, 0.29) is 17.9 Å². The lowest BCUT2D eigenvalue weighted by atomic mass is 9.78. The number of nitrogens with zero attached hydrogens (tertiary/aromatic N) is 1. The molecule has 0 bridgehead atoms. The normalized spacial score (nSPS) is 29.7. The first kappa shape index (κ1) is 13.4. The van der Waals surface area contributed by atoms with Crippen LogP contribution in [0, 0.1) is 17.8 Å². The molecule has 2 aliphatic rings. The van der Waals surface area contributed by atoms with E-state index in [1.54, 1.807) is 4.90 Å². The van der Waals surface area contributed by atoms with Gasteiger partial charge in [0.15, 0.2) is 0 Å². The average molecular weight is 253 g/mol. The molecule has 4 heteroatoms. The minimum atomic E-state index is -0.805. The SMILES string of the molecule is CC(C1CC1)N(C)C(=O)C1CCCCC1C(=O)O.